The summed E-state index contributed by atoms with van der Waals surface area (Å²) in [6.07, 6.45) is 10.3. The Morgan fingerprint density at radius 3 is 2.55 bits per heavy atom. The molecule has 0 aromatic carbocycles. The maximum atomic E-state index is 10.2. The first-order chi connectivity index (χ1) is 10.3. The van der Waals surface area contributed by atoms with Crippen LogP contribution < -0.4 is 0 Å². The highest BCUT2D eigenvalue weighted by molar-refractivity contribution is 6.33. The van der Waals surface area contributed by atoms with Gasteiger partial charge in [-0.2, -0.15) is 0 Å². The van der Waals surface area contributed by atoms with Crippen molar-refractivity contribution in [2.24, 2.45) is 28.6 Å². The van der Waals surface area contributed by atoms with Crippen LogP contribution in [0.15, 0.2) is 0 Å². The Morgan fingerprint density at radius 1 is 1.00 bits per heavy atom. The Bertz CT molecular complexity index is 468. The zero-order valence-electron chi connectivity index (χ0n) is 14.0. The van der Waals surface area contributed by atoms with E-state index in [1.807, 2.05) is 0 Å². The molecular formula is C19H30Cl2O. The fraction of sp³-hybridized carbons (Fsp3) is 1.00. The molecular weight excluding hydrogens is 315 g/mol. The van der Waals surface area contributed by atoms with Crippen molar-refractivity contribution in [2.75, 3.05) is 0 Å². The van der Waals surface area contributed by atoms with Gasteiger partial charge in [-0.3, -0.25) is 0 Å². The topological polar surface area (TPSA) is 20.2 Å². The van der Waals surface area contributed by atoms with Crippen LogP contribution in [0.4, 0.5) is 0 Å². The fourth-order valence-electron chi connectivity index (χ4n) is 7.16. The number of hydrogen-bond donors (Lipinski definition) is 1. The Hall–Kier alpha value is 0.540. The van der Waals surface area contributed by atoms with Crippen LogP contribution in [0.1, 0.15) is 71.6 Å². The molecule has 4 aliphatic rings. The molecule has 4 rings (SSSR count). The van der Waals surface area contributed by atoms with Crippen LogP contribution in [0.2, 0.25) is 0 Å². The molecule has 0 bridgehead atoms. The number of aliphatic hydroxyl groups is 1. The lowest BCUT2D eigenvalue weighted by Gasteiger charge is -2.64. The fourth-order valence-corrected chi connectivity index (χ4v) is 8.20. The summed E-state index contributed by atoms with van der Waals surface area (Å²) in [5.41, 5.74) is 0.668. The summed E-state index contributed by atoms with van der Waals surface area (Å²) in [6, 6.07) is 0. The van der Waals surface area contributed by atoms with E-state index in [2.05, 4.69) is 13.8 Å². The maximum absolute atomic E-state index is 10.2. The molecule has 4 saturated carbocycles. The van der Waals surface area contributed by atoms with E-state index in [0.717, 1.165) is 31.1 Å². The lowest BCUT2D eigenvalue weighted by atomic mass is 9.45. The summed E-state index contributed by atoms with van der Waals surface area (Å²) in [5, 5.41) is 10.2. The molecule has 0 aromatic heterocycles. The molecule has 126 valence electrons. The van der Waals surface area contributed by atoms with Crippen molar-refractivity contribution in [2.45, 2.75) is 88.0 Å². The van der Waals surface area contributed by atoms with Gasteiger partial charge in [0.15, 0.2) is 0 Å². The molecule has 8 atom stereocenters. The minimum atomic E-state index is -0.403. The van der Waals surface area contributed by atoms with E-state index in [1.54, 1.807) is 0 Å². The molecule has 3 heteroatoms. The highest BCUT2D eigenvalue weighted by atomic mass is 35.5. The molecule has 1 nitrogen and oxygen atoms in total. The minimum absolute atomic E-state index is 0.0123. The highest BCUT2D eigenvalue weighted by Crippen LogP contribution is 2.69. The number of hydrogen-bond acceptors (Lipinski definition) is 1. The van der Waals surface area contributed by atoms with E-state index in [4.69, 9.17) is 23.2 Å². The molecule has 0 radical (unpaired) electrons. The number of rotatable bonds is 0. The van der Waals surface area contributed by atoms with Gasteiger partial charge in [-0.05, 0) is 80.0 Å². The van der Waals surface area contributed by atoms with Gasteiger partial charge < -0.3 is 5.11 Å². The normalized spacial score (nSPS) is 61.2. The standard InChI is InChI=1S/C19H30Cl2O/c1-17-7-3-4-14(17)13-10-16(20)19(21)11-12(22)5-9-18(19,2)15(13)6-8-17/h12-16,22H,3-11H2,1-2H3/t12-,13-,14-,15-,16+,17-,18+,19-/m0/s1. The van der Waals surface area contributed by atoms with E-state index in [1.165, 1.54) is 32.1 Å². The third-order valence-corrected chi connectivity index (χ3v) is 10.0. The van der Waals surface area contributed by atoms with E-state index in [-0.39, 0.29) is 16.9 Å². The number of halogens is 2. The third-order valence-electron chi connectivity index (χ3n) is 8.49. The Labute approximate surface area is 145 Å². The van der Waals surface area contributed by atoms with Crippen molar-refractivity contribution in [3.8, 4) is 0 Å². The summed E-state index contributed by atoms with van der Waals surface area (Å²) in [4.78, 5) is -0.403. The first kappa shape index (κ1) is 16.0. The predicted octanol–water partition coefficient (Wildman–Crippen LogP) is 5.36. The van der Waals surface area contributed by atoms with Gasteiger partial charge in [0.2, 0.25) is 0 Å². The van der Waals surface area contributed by atoms with Crippen LogP contribution in [0.5, 0.6) is 0 Å². The number of fused-ring (bicyclic) bond motifs is 5. The van der Waals surface area contributed by atoms with Gasteiger partial charge in [-0.25, -0.2) is 0 Å². The lowest BCUT2D eigenvalue weighted by Crippen LogP contribution is -2.64. The average molecular weight is 345 g/mol. The second kappa shape index (κ2) is 5.02. The van der Waals surface area contributed by atoms with Crippen LogP contribution in [-0.4, -0.2) is 21.5 Å². The maximum Gasteiger partial charge on any atom is 0.0690 e. The summed E-state index contributed by atoms with van der Waals surface area (Å²) >= 11 is 14.1. The molecule has 0 spiro atoms. The SMILES string of the molecule is C[C@@]12CCC[C@H]1[C@@H]1C[C@@H](Cl)[C@@]3(Cl)C[C@@H](O)CC[C@]3(C)[C@H]1CC2. The Kier molecular flexibility index (Phi) is 3.66. The van der Waals surface area contributed by atoms with E-state index >= 15 is 0 Å². The van der Waals surface area contributed by atoms with E-state index in [9.17, 15) is 5.11 Å². The molecule has 0 unspecified atom stereocenters. The molecule has 0 aromatic rings. The molecule has 4 aliphatic carbocycles. The van der Waals surface area contributed by atoms with Gasteiger partial charge in [-0.1, -0.05) is 20.3 Å². The molecule has 1 N–H and O–H groups in total. The monoisotopic (exact) mass is 344 g/mol. The van der Waals surface area contributed by atoms with Gasteiger partial charge in [0, 0.05) is 0 Å². The van der Waals surface area contributed by atoms with Crippen molar-refractivity contribution in [1.82, 2.24) is 0 Å². The Morgan fingerprint density at radius 2 is 1.77 bits per heavy atom. The van der Waals surface area contributed by atoms with Crippen molar-refractivity contribution in [1.29, 1.82) is 0 Å². The minimum Gasteiger partial charge on any atom is -0.393 e. The summed E-state index contributed by atoms with van der Waals surface area (Å²) in [7, 11) is 0. The molecule has 0 amide bonds. The smallest absolute Gasteiger partial charge is 0.0690 e. The molecule has 0 saturated heterocycles. The van der Waals surface area contributed by atoms with Crippen LogP contribution in [-0.2, 0) is 0 Å². The van der Waals surface area contributed by atoms with Crippen molar-refractivity contribution in [3.05, 3.63) is 0 Å². The summed E-state index contributed by atoms with van der Waals surface area (Å²) in [6.45, 7) is 4.93. The largest absolute Gasteiger partial charge is 0.393 e. The van der Waals surface area contributed by atoms with Crippen LogP contribution >= 0.6 is 23.2 Å². The van der Waals surface area contributed by atoms with Crippen molar-refractivity contribution in [3.63, 3.8) is 0 Å². The highest BCUT2D eigenvalue weighted by Gasteiger charge is 2.65. The predicted molar refractivity (Wildman–Crippen MR) is 92.5 cm³/mol. The quantitative estimate of drug-likeness (QED) is 0.586. The average Bonchev–Trinajstić information content (AvgIpc) is 2.84. The first-order valence-electron chi connectivity index (χ1n) is 9.31. The Balaban J connectivity index is 1.71. The van der Waals surface area contributed by atoms with Crippen molar-refractivity contribution < 1.29 is 5.11 Å². The van der Waals surface area contributed by atoms with Crippen LogP contribution in [0.3, 0.4) is 0 Å². The number of alkyl halides is 2. The summed E-state index contributed by atoms with van der Waals surface area (Å²) in [5.74, 6) is 2.33. The van der Waals surface area contributed by atoms with Gasteiger partial charge in [0.05, 0.1) is 16.4 Å². The van der Waals surface area contributed by atoms with E-state index < -0.39 is 4.87 Å². The molecule has 0 aliphatic heterocycles. The molecule has 4 fully saturated rings. The second-order valence-corrected chi connectivity index (χ2v) is 10.5. The summed E-state index contributed by atoms with van der Waals surface area (Å²) < 4.78 is 0. The molecule has 22 heavy (non-hydrogen) atoms. The van der Waals surface area contributed by atoms with E-state index in [0.29, 0.717) is 17.8 Å². The third kappa shape index (κ3) is 1.94. The number of aliphatic hydroxyl groups excluding tert-OH is 1. The van der Waals surface area contributed by atoms with Crippen LogP contribution in [0.25, 0.3) is 0 Å². The van der Waals surface area contributed by atoms with Crippen LogP contribution in [0, 0.1) is 28.6 Å². The zero-order chi connectivity index (χ0) is 15.8. The zero-order valence-corrected chi connectivity index (χ0v) is 15.5. The van der Waals surface area contributed by atoms with Gasteiger partial charge in [-0.15, -0.1) is 23.2 Å². The lowest BCUT2D eigenvalue weighted by molar-refractivity contribution is -0.107. The van der Waals surface area contributed by atoms with Gasteiger partial charge in [0.25, 0.3) is 0 Å². The molecule has 0 heterocycles. The second-order valence-electron chi connectivity index (χ2n) is 9.34. The van der Waals surface area contributed by atoms with Gasteiger partial charge in [0.1, 0.15) is 0 Å². The van der Waals surface area contributed by atoms with Crippen molar-refractivity contribution >= 4 is 23.2 Å². The van der Waals surface area contributed by atoms with Gasteiger partial charge >= 0.3 is 0 Å². The first-order valence-corrected chi connectivity index (χ1v) is 10.1.